The Balaban J connectivity index is 1.70. The van der Waals surface area contributed by atoms with Crippen LogP contribution in [0.25, 0.3) is 0 Å². The van der Waals surface area contributed by atoms with Gasteiger partial charge < -0.3 is 15.2 Å². The van der Waals surface area contributed by atoms with E-state index >= 15 is 0 Å². The minimum absolute atomic E-state index is 0.0315. The number of benzene rings is 2. The molecule has 0 aliphatic heterocycles. The van der Waals surface area contributed by atoms with Gasteiger partial charge in [0.25, 0.3) is 5.91 Å². The summed E-state index contributed by atoms with van der Waals surface area (Å²) >= 11 is 0. The maximum Gasteiger partial charge on any atom is 0.257 e. The third-order valence-electron chi connectivity index (χ3n) is 4.01. The third kappa shape index (κ3) is 6.24. The molecule has 2 aromatic carbocycles. The first kappa shape index (κ1) is 19.0. The summed E-state index contributed by atoms with van der Waals surface area (Å²) in [6.45, 7) is 6.83. The molecule has 0 saturated heterocycles. The molecule has 0 aliphatic carbocycles. The summed E-state index contributed by atoms with van der Waals surface area (Å²) < 4.78 is 5.50. The molecule has 134 valence electrons. The maximum atomic E-state index is 11.8. The minimum Gasteiger partial charge on any atom is -0.484 e. The molecule has 2 aromatic rings. The van der Waals surface area contributed by atoms with Crippen LogP contribution in [0.5, 0.6) is 5.75 Å². The minimum atomic E-state index is -0.577. The highest BCUT2D eigenvalue weighted by molar-refractivity contribution is 5.77. The highest BCUT2D eigenvalue weighted by Crippen LogP contribution is 2.24. The molecule has 0 heterocycles. The number of ether oxygens (including phenoxy) is 1. The van der Waals surface area contributed by atoms with Gasteiger partial charge in [0.1, 0.15) is 5.75 Å². The van der Waals surface area contributed by atoms with E-state index in [2.05, 4.69) is 26.1 Å². The lowest BCUT2D eigenvalue weighted by molar-refractivity contribution is -0.123. The molecule has 4 nitrogen and oxygen atoms in total. The highest BCUT2D eigenvalue weighted by Gasteiger charge is 2.13. The quantitative estimate of drug-likeness (QED) is 0.809. The van der Waals surface area contributed by atoms with Crippen molar-refractivity contribution in [2.75, 3.05) is 13.2 Å². The Bertz CT molecular complexity index is 660. The molecule has 0 spiro atoms. The van der Waals surface area contributed by atoms with Gasteiger partial charge in [0.2, 0.25) is 0 Å². The Morgan fingerprint density at radius 2 is 1.72 bits per heavy atom. The highest BCUT2D eigenvalue weighted by atomic mass is 16.5. The van der Waals surface area contributed by atoms with E-state index in [0.717, 1.165) is 5.56 Å². The van der Waals surface area contributed by atoms with E-state index in [1.165, 1.54) is 5.56 Å². The number of aliphatic hydroxyl groups is 1. The number of hydrogen-bond acceptors (Lipinski definition) is 3. The summed E-state index contributed by atoms with van der Waals surface area (Å²) in [6, 6.07) is 17.2. The smallest absolute Gasteiger partial charge is 0.257 e. The summed E-state index contributed by atoms with van der Waals surface area (Å²) in [7, 11) is 0. The van der Waals surface area contributed by atoms with E-state index in [1.807, 2.05) is 54.6 Å². The molecule has 25 heavy (non-hydrogen) atoms. The second-order valence-corrected chi connectivity index (χ2v) is 7.13. The number of amides is 1. The average Bonchev–Trinajstić information content (AvgIpc) is 2.60. The first-order valence-corrected chi connectivity index (χ1v) is 8.59. The van der Waals surface area contributed by atoms with Crippen LogP contribution in [-0.2, 0) is 10.2 Å². The van der Waals surface area contributed by atoms with Gasteiger partial charge in [-0.2, -0.15) is 0 Å². The molecule has 1 amide bonds. The van der Waals surface area contributed by atoms with E-state index in [4.69, 9.17) is 4.74 Å². The fourth-order valence-electron chi connectivity index (χ4n) is 2.44. The van der Waals surface area contributed by atoms with E-state index in [9.17, 15) is 9.90 Å². The molecule has 4 heteroatoms. The van der Waals surface area contributed by atoms with Crippen molar-refractivity contribution in [2.24, 2.45) is 0 Å². The lowest BCUT2D eigenvalue weighted by atomic mass is 9.87. The van der Waals surface area contributed by atoms with E-state index in [-0.39, 0.29) is 17.9 Å². The summed E-state index contributed by atoms with van der Waals surface area (Å²) in [6.07, 6.45) is -0.108. The van der Waals surface area contributed by atoms with Crippen LogP contribution >= 0.6 is 0 Å². The molecule has 0 radical (unpaired) electrons. The number of carbonyl (C=O) groups is 1. The van der Waals surface area contributed by atoms with Crippen LogP contribution in [0.15, 0.2) is 54.6 Å². The normalized spacial score (nSPS) is 12.5. The topological polar surface area (TPSA) is 58.6 Å². The van der Waals surface area contributed by atoms with Crippen molar-refractivity contribution in [1.82, 2.24) is 5.32 Å². The number of nitrogens with one attached hydrogen (secondary N) is 1. The molecule has 0 bridgehead atoms. The van der Waals surface area contributed by atoms with Crippen molar-refractivity contribution in [1.29, 1.82) is 0 Å². The van der Waals surface area contributed by atoms with Crippen molar-refractivity contribution in [3.05, 3.63) is 65.7 Å². The fourth-order valence-corrected chi connectivity index (χ4v) is 2.44. The maximum absolute atomic E-state index is 11.8. The largest absolute Gasteiger partial charge is 0.484 e. The standard InChI is InChI=1S/C21H27NO3/c1-21(2,3)17-9-11-18(12-10-17)25-15-20(24)22-14-13-19(23)16-7-5-4-6-8-16/h4-12,19,23H,13-15H2,1-3H3,(H,22,24). The Morgan fingerprint density at radius 3 is 2.32 bits per heavy atom. The average molecular weight is 341 g/mol. The van der Waals surface area contributed by atoms with Gasteiger partial charge in [-0.1, -0.05) is 63.2 Å². The molecule has 1 atom stereocenters. The Labute approximate surface area is 149 Å². The monoisotopic (exact) mass is 341 g/mol. The van der Waals surface area contributed by atoms with Gasteiger partial charge in [-0.15, -0.1) is 0 Å². The molecule has 2 N–H and O–H groups in total. The first-order valence-electron chi connectivity index (χ1n) is 8.59. The van der Waals surface area contributed by atoms with Crippen LogP contribution in [0.4, 0.5) is 0 Å². The first-order chi connectivity index (χ1) is 11.9. The molecule has 1 unspecified atom stereocenters. The molecule has 2 rings (SSSR count). The van der Waals surface area contributed by atoms with Gasteiger partial charge >= 0.3 is 0 Å². The van der Waals surface area contributed by atoms with Crippen molar-refractivity contribution >= 4 is 5.91 Å². The number of carbonyl (C=O) groups excluding carboxylic acids is 1. The van der Waals surface area contributed by atoms with Gasteiger partial charge in [-0.05, 0) is 35.1 Å². The van der Waals surface area contributed by atoms with Crippen molar-refractivity contribution in [3.8, 4) is 5.75 Å². The number of rotatable bonds is 7. The van der Waals surface area contributed by atoms with Crippen molar-refractivity contribution < 1.29 is 14.6 Å². The Hall–Kier alpha value is -2.33. The Morgan fingerprint density at radius 1 is 1.08 bits per heavy atom. The second-order valence-electron chi connectivity index (χ2n) is 7.13. The van der Waals surface area contributed by atoms with Crippen LogP contribution < -0.4 is 10.1 Å². The zero-order valence-electron chi connectivity index (χ0n) is 15.2. The second kappa shape index (κ2) is 8.67. The Kier molecular flexibility index (Phi) is 6.59. The van der Waals surface area contributed by atoms with E-state index in [0.29, 0.717) is 18.7 Å². The summed E-state index contributed by atoms with van der Waals surface area (Å²) in [5.41, 5.74) is 2.17. The van der Waals surface area contributed by atoms with Crippen LogP contribution in [0.2, 0.25) is 0 Å². The molecule has 0 saturated carbocycles. The van der Waals surface area contributed by atoms with Gasteiger partial charge in [0.05, 0.1) is 6.10 Å². The van der Waals surface area contributed by atoms with Crippen LogP contribution in [-0.4, -0.2) is 24.2 Å². The lowest BCUT2D eigenvalue weighted by Crippen LogP contribution is -2.30. The SMILES string of the molecule is CC(C)(C)c1ccc(OCC(=O)NCCC(O)c2ccccc2)cc1. The summed E-state index contributed by atoms with van der Waals surface area (Å²) in [5.74, 6) is 0.479. The van der Waals surface area contributed by atoms with Crippen molar-refractivity contribution in [3.63, 3.8) is 0 Å². The van der Waals surface area contributed by atoms with Gasteiger partial charge in [0, 0.05) is 6.54 Å². The summed E-state index contributed by atoms with van der Waals surface area (Å²) in [4.78, 5) is 11.8. The molecular weight excluding hydrogens is 314 g/mol. The third-order valence-corrected chi connectivity index (χ3v) is 4.01. The molecule has 0 aliphatic rings. The lowest BCUT2D eigenvalue weighted by Gasteiger charge is -2.19. The zero-order chi connectivity index (χ0) is 18.3. The van der Waals surface area contributed by atoms with Crippen molar-refractivity contribution in [2.45, 2.75) is 38.7 Å². The van der Waals surface area contributed by atoms with Gasteiger partial charge in [-0.25, -0.2) is 0 Å². The predicted octanol–water partition coefficient (Wildman–Crippen LogP) is 3.60. The summed E-state index contributed by atoms with van der Waals surface area (Å²) in [5, 5.41) is 12.8. The molecule has 0 aromatic heterocycles. The van der Waals surface area contributed by atoms with Gasteiger partial charge in [-0.3, -0.25) is 4.79 Å². The number of aliphatic hydroxyl groups excluding tert-OH is 1. The van der Waals surface area contributed by atoms with Crippen LogP contribution in [0, 0.1) is 0 Å². The molecular formula is C21H27NO3. The predicted molar refractivity (Wildman–Crippen MR) is 99.7 cm³/mol. The van der Waals surface area contributed by atoms with Gasteiger partial charge in [0.15, 0.2) is 6.61 Å². The van der Waals surface area contributed by atoms with E-state index < -0.39 is 6.10 Å². The zero-order valence-corrected chi connectivity index (χ0v) is 15.2. The van der Waals surface area contributed by atoms with Crippen LogP contribution in [0.3, 0.4) is 0 Å². The molecule has 0 fully saturated rings. The fraction of sp³-hybridized carbons (Fsp3) is 0.381. The van der Waals surface area contributed by atoms with E-state index in [1.54, 1.807) is 0 Å². The number of hydrogen-bond donors (Lipinski definition) is 2. The van der Waals surface area contributed by atoms with Crippen LogP contribution in [0.1, 0.15) is 44.4 Å².